The van der Waals surface area contributed by atoms with Gasteiger partial charge in [0.25, 0.3) is 5.91 Å². The number of hydrogen-bond acceptors (Lipinski definition) is 3. The molecular weight excluding hydrogens is 296 g/mol. The zero-order chi connectivity index (χ0) is 15.5. The van der Waals surface area contributed by atoms with Gasteiger partial charge in [-0.1, -0.05) is 12.1 Å². The molecule has 0 radical (unpaired) electrons. The molecule has 1 heterocycles. The van der Waals surface area contributed by atoms with E-state index in [2.05, 4.69) is 10.6 Å². The maximum atomic E-state index is 12.0. The molecule has 22 heavy (non-hydrogen) atoms. The number of hydrogen-bond donors (Lipinski definition) is 2. The van der Waals surface area contributed by atoms with Gasteiger partial charge in [0.1, 0.15) is 0 Å². The number of anilines is 1. The van der Waals surface area contributed by atoms with Gasteiger partial charge in [-0.3, -0.25) is 9.59 Å². The van der Waals surface area contributed by atoms with Crippen molar-refractivity contribution in [2.75, 3.05) is 5.32 Å². The first kappa shape index (κ1) is 14.8. The average Bonchev–Trinajstić information content (AvgIpc) is 3.22. The van der Waals surface area contributed by atoms with Gasteiger partial charge >= 0.3 is 0 Å². The number of benzene rings is 1. The van der Waals surface area contributed by atoms with Crippen LogP contribution in [-0.2, 0) is 4.79 Å². The fraction of sp³-hybridized carbons (Fsp3) is 0.294. The molecule has 1 fully saturated rings. The number of carbonyl (C=O) groups is 2. The Morgan fingerprint density at radius 1 is 1.18 bits per heavy atom. The van der Waals surface area contributed by atoms with Gasteiger partial charge in [-0.25, -0.2) is 0 Å². The summed E-state index contributed by atoms with van der Waals surface area (Å²) in [7, 11) is 0. The minimum atomic E-state index is -0.0828. The summed E-state index contributed by atoms with van der Waals surface area (Å²) < 4.78 is 0. The number of amides is 2. The molecule has 1 aromatic heterocycles. The van der Waals surface area contributed by atoms with Gasteiger partial charge in [-0.05, 0) is 48.9 Å². The first-order valence-electron chi connectivity index (χ1n) is 7.37. The Morgan fingerprint density at radius 3 is 2.50 bits per heavy atom. The molecule has 0 bridgehead atoms. The van der Waals surface area contributed by atoms with Crippen LogP contribution in [0.1, 0.15) is 41.7 Å². The van der Waals surface area contributed by atoms with E-state index in [-0.39, 0.29) is 23.8 Å². The molecule has 1 aliphatic rings. The Balaban J connectivity index is 1.59. The molecule has 3 rings (SSSR count). The lowest BCUT2D eigenvalue weighted by atomic mass is 10.1. The van der Waals surface area contributed by atoms with Crippen molar-refractivity contribution in [3.05, 3.63) is 52.2 Å². The highest BCUT2D eigenvalue weighted by Gasteiger charge is 2.29. The summed E-state index contributed by atoms with van der Waals surface area (Å²) in [5.74, 6) is 0.231. The zero-order valence-electron chi connectivity index (χ0n) is 12.3. The van der Waals surface area contributed by atoms with Gasteiger partial charge in [0.15, 0.2) is 0 Å². The minimum absolute atomic E-state index is 0.0696. The molecule has 0 spiro atoms. The van der Waals surface area contributed by atoms with Crippen LogP contribution in [0.15, 0.2) is 41.1 Å². The van der Waals surface area contributed by atoms with Crippen LogP contribution in [0.4, 0.5) is 5.69 Å². The predicted molar refractivity (Wildman–Crippen MR) is 88.0 cm³/mol. The van der Waals surface area contributed by atoms with Crippen molar-refractivity contribution in [1.82, 2.24) is 5.32 Å². The molecule has 4 nitrogen and oxygen atoms in total. The normalized spacial score (nSPS) is 15.1. The van der Waals surface area contributed by atoms with E-state index in [1.807, 2.05) is 48.0 Å². The van der Waals surface area contributed by atoms with Gasteiger partial charge in [-0.15, -0.1) is 0 Å². The third kappa shape index (κ3) is 3.54. The van der Waals surface area contributed by atoms with Crippen molar-refractivity contribution >= 4 is 28.8 Å². The molecular formula is C17H18N2O2S. The average molecular weight is 314 g/mol. The monoisotopic (exact) mass is 314 g/mol. The van der Waals surface area contributed by atoms with Crippen molar-refractivity contribution in [1.29, 1.82) is 0 Å². The van der Waals surface area contributed by atoms with Crippen molar-refractivity contribution < 1.29 is 9.59 Å². The molecule has 5 heteroatoms. The van der Waals surface area contributed by atoms with Crippen molar-refractivity contribution in [3.63, 3.8) is 0 Å². The molecule has 114 valence electrons. The maximum absolute atomic E-state index is 12.0. The molecule has 1 aromatic carbocycles. The molecule has 1 unspecified atom stereocenters. The zero-order valence-corrected chi connectivity index (χ0v) is 13.2. The molecule has 1 atom stereocenters. The Hall–Kier alpha value is -2.14. The Labute approximate surface area is 133 Å². The highest BCUT2D eigenvalue weighted by Crippen LogP contribution is 2.30. The molecule has 0 aliphatic heterocycles. The van der Waals surface area contributed by atoms with E-state index >= 15 is 0 Å². The van der Waals surface area contributed by atoms with E-state index in [4.69, 9.17) is 0 Å². The summed E-state index contributed by atoms with van der Waals surface area (Å²) in [6, 6.07) is 9.34. The van der Waals surface area contributed by atoms with Crippen LogP contribution in [0.3, 0.4) is 0 Å². The second kappa shape index (κ2) is 6.32. The fourth-order valence-electron chi connectivity index (χ4n) is 2.20. The van der Waals surface area contributed by atoms with Crippen molar-refractivity contribution in [2.24, 2.45) is 5.92 Å². The summed E-state index contributed by atoms with van der Waals surface area (Å²) in [5, 5.41) is 9.59. The number of thiophene rings is 1. The SMILES string of the molecule is CC(NC(=O)c1ccsc1)c1ccc(NC(=O)C2CC2)cc1. The lowest BCUT2D eigenvalue weighted by Crippen LogP contribution is -2.26. The molecule has 2 amide bonds. The van der Waals surface area contributed by atoms with E-state index in [0.717, 1.165) is 24.1 Å². The smallest absolute Gasteiger partial charge is 0.252 e. The summed E-state index contributed by atoms with van der Waals surface area (Å²) in [5.41, 5.74) is 2.50. The number of nitrogens with one attached hydrogen (secondary N) is 2. The van der Waals surface area contributed by atoms with E-state index in [9.17, 15) is 9.59 Å². The van der Waals surface area contributed by atoms with Gasteiger partial charge < -0.3 is 10.6 Å². The Bertz CT molecular complexity index is 660. The number of carbonyl (C=O) groups excluding carboxylic acids is 2. The van der Waals surface area contributed by atoms with Gasteiger partial charge in [0, 0.05) is 17.0 Å². The summed E-state index contributed by atoms with van der Waals surface area (Å²) in [6.07, 6.45) is 1.99. The van der Waals surface area contributed by atoms with Gasteiger partial charge in [0.05, 0.1) is 11.6 Å². The predicted octanol–water partition coefficient (Wildman–Crippen LogP) is 3.59. The lowest BCUT2D eigenvalue weighted by Gasteiger charge is -2.14. The first-order chi connectivity index (χ1) is 10.6. The summed E-state index contributed by atoms with van der Waals surface area (Å²) in [4.78, 5) is 23.7. The van der Waals surface area contributed by atoms with Crippen LogP contribution in [0, 0.1) is 5.92 Å². The fourth-order valence-corrected chi connectivity index (χ4v) is 2.84. The summed E-state index contributed by atoms with van der Waals surface area (Å²) in [6.45, 7) is 1.95. The molecule has 0 saturated heterocycles. The van der Waals surface area contributed by atoms with Crippen molar-refractivity contribution in [3.8, 4) is 0 Å². The second-order valence-electron chi connectivity index (χ2n) is 5.59. The number of rotatable bonds is 5. The molecule has 1 aliphatic carbocycles. The minimum Gasteiger partial charge on any atom is -0.345 e. The van der Waals surface area contributed by atoms with E-state index in [1.165, 1.54) is 11.3 Å². The first-order valence-corrected chi connectivity index (χ1v) is 8.31. The molecule has 2 aromatic rings. The van der Waals surface area contributed by atoms with E-state index in [0.29, 0.717) is 5.56 Å². The standard InChI is InChI=1S/C17H18N2O2S/c1-11(18-17(21)14-8-9-22-10-14)12-4-6-15(7-5-12)19-16(20)13-2-3-13/h4-11,13H,2-3H2,1H3,(H,18,21)(H,19,20). The van der Waals surface area contributed by atoms with Gasteiger partial charge in [-0.2, -0.15) is 11.3 Å². The topological polar surface area (TPSA) is 58.2 Å². The third-order valence-electron chi connectivity index (χ3n) is 3.76. The quantitative estimate of drug-likeness (QED) is 0.886. The lowest BCUT2D eigenvalue weighted by molar-refractivity contribution is -0.117. The van der Waals surface area contributed by atoms with Crippen LogP contribution < -0.4 is 10.6 Å². The van der Waals surface area contributed by atoms with Crippen molar-refractivity contribution in [2.45, 2.75) is 25.8 Å². The Morgan fingerprint density at radius 2 is 1.91 bits per heavy atom. The van der Waals surface area contributed by atoms with E-state index in [1.54, 1.807) is 0 Å². The van der Waals surface area contributed by atoms with Crippen LogP contribution >= 0.6 is 11.3 Å². The Kier molecular flexibility index (Phi) is 4.24. The second-order valence-corrected chi connectivity index (χ2v) is 6.37. The van der Waals surface area contributed by atoms with Crippen LogP contribution in [0.25, 0.3) is 0 Å². The largest absolute Gasteiger partial charge is 0.345 e. The van der Waals surface area contributed by atoms with Crippen LogP contribution in [-0.4, -0.2) is 11.8 Å². The van der Waals surface area contributed by atoms with Crippen LogP contribution in [0.5, 0.6) is 0 Å². The van der Waals surface area contributed by atoms with Gasteiger partial charge in [0.2, 0.25) is 5.91 Å². The van der Waals surface area contributed by atoms with E-state index < -0.39 is 0 Å². The van der Waals surface area contributed by atoms with Crippen LogP contribution in [0.2, 0.25) is 0 Å². The third-order valence-corrected chi connectivity index (χ3v) is 4.44. The maximum Gasteiger partial charge on any atom is 0.252 e. The highest BCUT2D eigenvalue weighted by molar-refractivity contribution is 7.08. The molecule has 1 saturated carbocycles. The summed E-state index contributed by atoms with van der Waals surface area (Å²) >= 11 is 1.50. The highest BCUT2D eigenvalue weighted by atomic mass is 32.1. The molecule has 2 N–H and O–H groups in total.